The van der Waals surface area contributed by atoms with E-state index in [1.165, 1.54) is 0 Å². The maximum Gasteiger partial charge on any atom is 0.254 e. The minimum Gasteiger partial charge on any atom is -0.497 e. The van der Waals surface area contributed by atoms with Gasteiger partial charge in [0.2, 0.25) is 5.91 Å². The Labute approximate surface area is 246 Å². The predicted molar refractivity (Wildman–Crippen MR) is 161 cm³/mol. The Morgan fingerprint density at radius 3 is 2.45 bits per heavy atom. The first-order valence-electron chi connectivity index (χ1n) is 14.4. The normalized spacial score (nSPS) is 20.1. The van der Waals surface area contributed by atoms with Crippen molar-refractivity contribution < 1.29 is 23.8 Å². The number of aromatic nitrogens is 1. The molecule has 1 aromatic heterocycles. The van der Waals surface area contributed by atoms with E-state index < -0.39 is 5.54 Å². The van der Waals surface area contributed by atoms with Crippen molar-refractivity contribution in [2.75, 3.05) is 33.9 Å². The number of piperazine rings is 1. The van der Waals surface area contributed by atoms with Gasteiger partial charge in [0.05, 0.1) is 32.6 Å². The third-order valence-electron chi connectivity index (χ3n) is 8.60. The van der Waals surface area contributed by atoms with Crippen LogP contribution in [0.2, 0.25) is 0 Å². The summed E-state index contributed by atoms with van der Waals surface area (Å²) >= 11 is 0. The van der Waals surface area contributed by atoms with Gasteiger partial charge in [-0.2, -0.15) is 0 Å². The van der Waals surface area contributed by atoms with E-state index in [0.717, 1.165) is 39.0 Å². The van der Waals surface area contributed by atoms with Gasteiger partial charge in [0, 0.05) is 29.9 Å². The zero-order valence-electron chi connectivity index (χ0n) is 24.8. The zero-order valence-corrected chi connectivity index (χ0v) is 24.8. The summed E-state index contributed by atoms with van der Waals surface area (Å²) in [5, 5.41) is 1.05. The molecule has 42 heavy (non-hydrogen) atoms. The summed E-state index contributed by atoms with van der Waals surface area (Å²) in [4.78, 5) is 35.2. The number of nitrogens with one attached hydrogen (secondary N) is 1. The van der Waals surface area contributed by atoms with Crippen molar-refractivity contribution in [1.29, 1.82) is 0 Å². The minimum absolute atomic E-state index is 0.00464. The smallest absolute Gasteiger partial charge is 0.254 e. The van der Waals surface area contributed by atoms with Crippen molar-refractivity contribution in [2.24, 2.45) is 0 Å². The number of nitrogens with zero attached hydrogens (tertiary/aromatic N) is 2. The number of amides is 2. The number of benzene rings is 3. The molecule has 2 atom stereocenters. The molecule has 1 N–H and O–H groups in total. The van der Waals surface area contributed by atoms with Gasteiger partial charge in [0.1, 0.15) is 5.75 Å². The van der Waals surface area contributed by atoms with Crippen LogP contribution >= 0.6 is 0 Å². The van der Waals surface area contributed by atoms with E-state index in [0.29, 0.717) is 31.0 Å². The molecule has 3 aromatic carbocycles. The third kappa shape index (κ3) is 4.55. The van der Waals surface area contributed by atoms with Gasteiger partial charge < -0.3 is 29.0 Å². The second-order valence-electron chi connectivity index (χ2n) is 11.5. The Morgan fingerprint density at radius 2 is 1.74 bits per heavy atom. The molecule has 0 aliphatic carbocycles. The maximum atomic E-state index is 14.3. The summed E-state index contributed by atoms with van der Waals surface area (Å²) in [5.41, 5.74) is 3.69. The SMILES string of the molecule is COc1ccc(CCN2CC(=O)N3CC(c4ccc(OC(C)C)c(OC)c4)c4c([nH]c5ccccc45)C3(C)C2=O)cc1. The van der Waals surface area contributed by atoms with E-state index in [-0.39, 0.29) is 30.4 Å². The summed E-state index contributed by atoms with van der Waals surface area (Å²) in [7, 11) is 3.27. The molecule has 4 aromatic rings. The lowest BCUT2D eigenvalue weighted by atomic mass is 9.76. The van der Waals surface area contributed by atoms with Crippen LogP contribution in [0.1, 0.15) is 49.1 Å². The molecule has 8 nitrogen and oxygen atoms in total. The summed E-state index contributed by atoms with van der Waals surface area (Å²) < 4.78 is 16.9. The van der Waals surface area contributed by atoms with Crippen LogP contribution in [0.25, 0.3) is 10.9 Å². The molecule has 1 fully saturated rings. The standard InChI is InChI=1S/C34H37N3O5/c1-21(2)42-28-15-12-23(18-29(28)41-5)26-19-37-30(38)20-36(17-16-22-10-13-24(40-4)14-11-22)33(39)34(37,3)32-31(26)25-8-6-7-9-27(25)35-32/h6-15,18,21,26,35H,16-17,19-20H2,1-5H3. The Bertz CT molecular complexity index is 1640. The Kier molecular flexibility index (Phi) is 7.09. The number of fused-ring (bicyclic) bond motifs is 5. The van der Waals surface area contributed by atoms with Crippen molar-refractivity contribution >= 4 is 22.7 Å². The predicted octanol–water partition coefficient (Wildman–Crippen LogP) is 5.25. The van der Waals surface area contributed by atoms with E-state index in [2.05, 4.69) is 11.1 Å². The van der Waals surface area contributed by atoms with Crippen LogP contribution in [0.5, 0.6) is 17.2 Å². The van der Waals surface area contributed by atoms with Crippen LogP contribution in [0, 0.1) is 0 Å². The summed E-state index contributed by atoms with van der Waals surface area (Å²) in [6.07, 6.45) is 0.649. The van der Waals surface area contributed by atoms with Gasteiger partial charge in [-0.15, -0.1) is 0 Å². The fourth-order valence-corrected chi connectivity index (χ4v) is 6.46. The molecule has 8 heteroatoms. The number of para-hydroxylation sites is 1. The number of aromatic amines is 1. The lowest BCUT2D eigenvalue weighted by molar-refractivity contribution is -0.166. The molecule has 2 unspecified atom stereocenters. The highest BCUT2D eigenvalue weighted by Gasteiger charge is 2.56. The highest BCUT2D eigenvalue weighted by Crippen LogP contribution is 2.49. The van der Waals surface area contributed by atoms with Crippen molar-refractivity contribution in [1.82, 2.24) is 14.8 Å². The molecule has 6 rings (SSSR count). The molecule has 2 aliphatic heterocycles. The first kappa shape index (κ1) is 27.7. The van der Waals surface area contributed by atoms with Gasteiger partial charge in [0.15, 0.2) is 17.0 Å². The van der Waals surface area contributed by atoms with Gasteiger partial charge in [-0.1, -0.05) is 36.4 Å². The first-order chi connectivity index (χ1) is 20.2. The van der Waals surface area contributed by atoms with Gasteiger partial charge >= 0.3 is 0 Å². The van der Waals surface area contributed by atoms with Crippen molar-refractivity contribution in [3.8, 4) is 17.2 Å². The Morgan fingerprint density at radius 1 is 0.976 bits per heavy atom. The van der Waals surface area contributed by atoms with Crippen molar-refractivity contribution in [2.45, 2.75) is 44.8 Å². The highest BCUT2D eigenvalue weighted by molar-refractivity contribution is 6.01. The van der Waals surface area contributed by atoms with Crippen LogP contribution in [-0.4, -0.2) is 66.6 Å². The monoisotopic (exact) mass is 567 g/mol. The lowest BCUT2D eigenvalue weighted by Gasteiger charge is -2.51. The lowest BCUT2D eigenvalue weighted by Crippen LogP contribution is -2.67. The van der Waals surface area contributed by atoms with Crippen molar-refractivity contribution in [3.63, 3.8) is 0 Å². The van der Waals surface area contributed by atoms with Crippen LogP contribution < -0.4 is 14.2 Å². The topological polar surface area (TPSA) is 84.1 Å². The molecule has 0 radical (unpaired) electrons. The molecule has 0 spiro atoms. The molecule has 1 saturated heterocycles. The molecule has 2 aliphatic rings. The summed E-state index contributed by atoms with van der Waals surface area (Å²) in [6, 6.07) is 21.9. The molecular formula is C34H37N3O5. The van der Waals surface area contributed by atoms with Crippen molar-refractivity contribution in [3.05, 3.63) is 89.1 Å². The number of carbonyl (C=O) groups is 2. The van der Waals surface area contributed by atoms with E-state index in [1.54, 1.807) is 24.0 Å². The van der Waals surface area contributed by atoms with Gasteiger partial charge in [-0.3, -0.25) is 9.59 Å². The number of hydrogen-bond donors (Lipinski definition) is 1. The molecule has 3 heterocycles. The number of methoxy groups -OCH3 is 2. The average molecular weight is 568 g/mol. The van der Waals surface area contributed by atoms with Crippen LogP contribution in [-0.2, 0) is 21.5 Å². The van der Waals surface area contributed by atoms with Crippen LogP contribution in [0.4, 0.5) is 0 Å². The quantitative estimate of drug-likeness (QED) is 0.315. The Balaban J connectivity index is 1.40. The third-order valence-corrected chi connectivity index (χ3v) is 8.60. The van der Waals surface area contributed by atoms with E-state index in [9.17, 15) is 9.59 Å². The van der Waals surface area contributed by atoms with E-state index in [4.69, 9.17) is 14.2 Å². The number of carbonyl (C=O) groups excluding carboxylic acids is 2. The molecule has 2 amide bonds. The first-order valence-corrected chi connectivity index (χ1v) is 14.4. The van der Waals surface area contributed by atoms with E-state index >= 15 is 0 Å². The second kappa shape index (κ2) is 10.7. The minimum atomic E-state index is -1.15. The second-order valence-corrected chi connectivity index (χ2v) is 11.5. The highest BCUT2D eigenvalue weighted by atomic mass is 16.5. The fourth-order valence-electron chi connectivity index (χ4n) is 6.46. The van der Waals surface area contributed by atoms with E-state index in [1.807, 2.05) is 81.4 Å². The molecule has 0 bridgehead atoms. The Hall–Kier alpha value is -4.46. The van der Waals surface area contributed by atoms with Gasteiger partial charge in [-0.25, -0.2) is 0 Å². The van der Waals surface area contributed by atoms with Crippen LogP contribution in [0.3, 0.4) is 0 Å². The number of hydrogen-bond acceptors (Lipinski definition) is 5. The average Bonchev–Trinajstić information content (AvgIpc) is 3.39. The maximum absolute atomic E-state index is 14.3. The number of ether oxygens (including phenoxy) is 3. The summed E-state index contributed by atoms with van der Waals surface area (Å²) in [5.74, 6) is 1.81. The zero-order chi connectivity index (χ0) is 29.6. The molecule has 0 saturated carbocycles. The van der Waals surface area contributed by atoms with Crippen LogP contribution in [0.15, 0.2) is 66.7 Å². The molecular weight excluding hydrogens is 530 g/mol. The summed E-state index contributed by atoms with van der Waals surface area (Å²) in [6.45, 7) is 6.73. The largest absolute Gasteiger partial charge is 0.497 e. The fraction of sp³-hybridized carbons (Fsp3) is 0.353. The number of rotatable bonds is 8. The number of H-pyrrole nitrogens is 1. The molecule has 218 valence electrons. The van der Waals surface area contributed by atoms with Gasteiger partial charge in [0.25, 0.3) is 5.91 Å². The van der Waals surface area contributed by atoms with Gasteiger partial charge in [-0.05, 0) is 74.2 Å².